The van der Waals surface area contributed by atoms with Crippen molar-refractivity contribution in [1.29, 1.82) is 0 Å². The van der Waals surface area contributed by atoms with Crippen LogP contribution in [0, 0.1) is 0 Å². The second kappa shape index (κ2) is 7.60. The van der Waals surface area contributed by atoms with Crippen molar-refractivity contribution in [3.05, 3.63) is 50.3 Å². The lowest BCUT2D eigenvalue weighted by Crippen LogP contribution is -2.03. The number of halogens is 2. The third-order valence-electron chi connectivity index (χ3n) is 2.65. The lowest BCUT2D eigenvalue weighted by atomic mass is 10.2. The molecule has 0 atom stereocenters. The molecule has 0 fully saturated rings. The number of ether oxygens (including phenoxy) is 2. The van der Waals surface area contributed by atoms with Crippen LogP contribution in [0.4, 0.5) is 0 Å². The zero-order valence-electron chi connectivity index (χ0n) is 11.6. The third kappa shape index (κ3) is 3.98. The fourth-order valence-corrected chi connectivity index (χ4v) is 3.15. The Kier molecular flexibility index (Phi) is 5.79. The fraction of sp³-hybridized carbons (Fsp3) is 0.200. The summed E-state index contributed by atoms with van der Waals surface area (Å²) in [6.07, 6.45) is 0.747. The predicted molar refractivity (Wildman–Crippen MR) is 86.2 cm³/mol. The summed E-state index contributed by atoms with van der Waals surface area (Å²) in [5.41, 5.74) is 0.522. The Labute approximate surface area is 143 Å². The van der Waals surface area contributed by atoms with Gasteiger partial charge in [-0.05, 0) is 63.0 Å². The Hall–Kier alpha value is -1.60. The molecule has 1 aromatic carbocycles. The molecule has 0 unspecified atom stereocenters. The molecule has 0 aliphatic rings. The van der Waals surface area contributed by atoms with E-state index in [0.717, 1.165) is 6.29 Å². The molecule has 7 heteroatoms. The van der Waals surface area contributed by atoms with Crippen LogP contribution in [0.15, 0.2) is 37.6 Å². The van der Waals surface area contributed by atoms with Gasteiger partial charge in [-0.15, -0.1) is 0 Å². The normalized spacial score (nSPS) is 10.3. The van der Waals surface area contributed by atoms with Gasteiger partial charge in [-0.25, -0.2) is 4.79 Å². The number of esters is 1. The number of hydrogen-bond donors (Lipinski definition) is 0. The number of carbonyl (C=O) groups excluding carboxylic acids is 2. The summed E-state index contributed by atoms with van der Waals surface area (Å²) in [6.45, 7) is 2.15. The monoisotopic (exact) mass is 430 g/mol. The summed E-state index contributed by atoms with van der Waals surface area (Å²) in [5.74, 6) is 0.655. The van der Waals surface area contributed by atoms with Crippen LogP contribution >= 0.6 is 31.9 Å². The van der Waals surface area contributed by atoms with Crippen molar-refractivity contribution in [3.8, 4) is 5.75 Å². The molecule has 5 nitrogen and oxygen atoms in total. The first kappa shape index (κ1) is 16.8. The molecule has 0 saturated heterocycles. The molecule has 0 spiro atoms. The summed E-state index contributed by atoms with van der Waals surface area (Å²) in [4.78, 5) is 22.3. The lowest BCUT2D eigenvalue weighted by Gasteiger charge is -2.09. The predicted octanol–water partition coefficient (Wildman–Crippen LogP) is 4.37. The van der Waals surface area contributed by atoms with Crippen LogP contribution in [-0.4, -0.2) is 18.9 Å². The number of hydrogen-bond acceptors (Lipinski definition) is 5. The van der Waals surface area contributed by atoms with Gasteiger partial charge in [0.15, 0.2) is 0 Å². The standard InChI is InChI=1S/C15H12Br2O5/c1-2-20-15(19)13-4-3-10(22-13)8-21-14-11(16)5-9(7-18)6-12(14)17/h3-7H,2,8H2,1H3. The first-order valence-corrected chi connectivity index (χ1v) is 7.96. The molecule has 1 aromatic heterocycles. The van der Waals surface area contributed by atoms with Gasteiger partial charge in [0.2, 0.25) is 5.76 Å². The van der Waals surface area contributed by atoms with Gasteiger partial charge in [-0.3, -0.25) is 4.79 Å². The summed E-state index contributed by atoms with van der Waals surface area (Å²) in [7, 11) is 0. The van der Waals surface area contributed by atoms with Gasteiger partial charge in [0.05, 0.1) is 15.6 Å². The van der Waals surface area contributed by atoms with Crippen LogP contribution in [0.3, 0.4) is 0 Å². The second-order valence-corrected chi connectivity index (χ2v) is 5.92. The molecule has 116 valence electrons. The Morgan fingerprint density at radius 3 is 2.55 bits per heavy atom. The smallest absolute Gasteiger partial charge is 0.374 e. The lowest BCUT2D eigenvalue weighted by molar-refractivity contribution is 0.0486. The van der Waals surface area contributed by atoms with Crippen molar-refractivity contribution in [2.45, 2.75) is 13.5 Å². The topological polar surface area (TPSA) is 65.7 Å². The van der Waals surface area contributed by atoms with Gasteiger partial charge in [-0.2, -0.15) is 0 Å². The van der Waals surface area contributed by atoms with Gasteiger partial charge < -0.3 is 13.9 Å². The van der Waals surface area contributed by atoms with Crippen molar-refractivity contribution < 1.29 is 23.5 Å². The van der Waals surface area contributed by atoms with Crippen molar-refractivity contribution >= 4 is 44.1 Å². The van der Waals surface area contributed by atoms with Gasteiger partial charge in [0.25, 0.3) is 0 Å². The molecule has 2 aromatic rings. The highest BCUT2D eigenvalue weighted by Crippen LogP contribution is 2.35. The second-order valence-electron chi connectivity index (χ2n) is 4.21. The van der Waals surface area contributed by atoms with Gasteiger partial charge in [-0.1, -0.05) is 0 Å². The van der Waals surface area contributed by atoms with E-state index in [2.05, 4.69) is 31.9 Å². The first-order chi connectivity index (χ1) is 10.5. The maximum atomic E-state index is 11.5. The van der Waals surface area contributed by atoms with E-state index in [4.69, 9.17) is 13.9 Å². The number of furan rings is 1. The Morgan fingerprint density at radius 1 is 1.27 bits per heavy atom. The number of rotatable bonds is 6. The van der Waals surface area contributed by atoms with E-state index in [1.165, 1.54) is 6.07 Å². The van der Waals surface area contributed by atoms with Crippen LogP contribution in [0.1, 0.15) is 33.6 Å². The largest absolute Gasteiger partial charge is 0.483 e. The Bertz CT molecular complexity index is 670. The summed E-state index contributed by atoms with van der Waals surface area (Å²) in [5, 5.41) is 0. The molecule has 0 radical (unpaired) electrons. The maximum absolute atomic E-state index is 11.5. The van der Waals surface area contributed by atoms with E-state index >= 15 is 0 Å². The quantitative estimate of drug-likeness (QED) is 0.501. The summed E-state index contributed by atoms with van der Waals surface area (Å²) < 4.78 is 17.1. The third-order valence-corrected chi connectivity index (χ3v) is 3.83. The summed E-state index contributed by atoms with van der Waals surface area (Å²) >= 11 is 6.69. The molecule has 0 aliphatic heterocycles. The highest BCUT2D eigenvalue weighted by atomic mass is 79.9. The Balaban J connectivity index is 2.08. The average Bonchev–Trinajstić information content (AvgIpc) is 2.95. The SMILES string of the molecule is CCOC(=O)c1ccc(COc2c(Br)cc(C=O)cc2Br)o1. The van der Waals surface area contributed by atoms with Crippen LogP contribution < -0.4 is 4.74 Å². The molecule has 1 heterocycles. The first-order valence-electron chi connectivity index (χ1n) is 6.38. The molecule has 2 rings (SSSR count). The molecular formula is C15H12Br2O5. The molecule has 22 heavy (non-hydrogen) atoms. The van der Waals surface area contributed by atoms with Crippen LogP contribution in [0.2, 0.25) is 0 Å². The highest BCUT2D eigenvalue weighted by molar-refractivity contribution is 9.11. The molecular weight excluding hydrogens is 420 g/mol. The molecule has 0 bridgehead atoms. The van der Waals surface area contributed by atoms with Crippen molar-refractivity contribution in [2.24, 2.45) is 0 Å². The fourth-order valence-electron chi connectivity index (χ4n) is 1.70. The summed E-state index contributed by atoms with van der Waals surface area (Å²) in [6, 6.07) is 6.49. The van der Waals surface area contributed by atoms with E-state index in [9.17, 15) is 9.59 Å². The molecule has 0 saturated carbocycles. The maximum Gasteiger partial charge on any atom is 0.374 e. The van der Waals surface area contributed by atoms with Crippen molar-refractivity contribution in [1.82, 2.24) is 0 Å². The molecule has 0 aliphatic carbocycles. The minimum atomic E-state index is -0.508. The number of aldehydes is 1. The van der Waals surface area contributed by atoms with Gasteiger partial charge >= 0.3 is 5.97 Å². The van der Waals surface area contributed by atoms with Crippen molar-refractivity contribution in [2.75, 3.05) is 6.61 Å². The van der Waals surface area contributed by atoms with E-state index in [1.807, 2.05) is 0 Å². The highest BCUT2D eigenvalue weighted by Gasteiger charge is 2.14. The average molecular weight is 432 g/mol. The van der Waals surface area contributed by atoms with Crippen molar-refractivity contribution in [3.63, 3.8) is 0 Å². The van der Waals surface area contributed by atoms with Crippen LogP contribution in [0.25, 0.3) is 0 Å². The van der Waals surface area contributed by atoms with Gasteiger partial charge in [0, 0.05) is 5.56 Å². The van der Waals surface area contributed by atoms with E-state index in [1.54, 1.807) is 25.1 Å². The molecule has 0 N–H and O–H groups in total. The minimum absolute atomic E-state index is 0.134. The Morgan fingerprint density at radius 2 is 1.95 bits per heavy atom. The van der Waals surface area contributed by atoms with Crippen LogP contribution in [-0.2, 0) is 11.3 Å². The minimum Gasteiger partial charge on any atom is -0.483 e. The van der Waals surface area contributed by atoms with E-state index in [0.29, 0.717) is 26.0 Å². The van der Waals surface area contributed by atoms with E-state index in [-0.39, 0.29) is 19.0 Å². The number of benzene rings is 1. The number of carbonyl (C=O) groups is 2. The van der Waals surface area contributed by atoms with Crippen LogP contribution in [0.5, 0.6) is 5.75 Å². The van der Waals surface area contributed by atoms with Gasteiger partial charge in [0.1, 0.15) is 24.4 Å². The zero-order chi connectivity index (χ0) is 16.1. The van der Waals surface area contributed by atoms with E-state index < -0.39 is 5.97 Å². The zero-order valence-corrected chi connectivity index (χ0v) is 14.8. The molecule has 0 amide bonds.